The molecular weight excluding hydrogens is 769 g/mol. The Balaban J connectivity index is 4.42. The fourth-order valence-electron chi connectivity index (χ4n) is 7.13. The first-order valence-corrected chi connectivity index (χ1v) is 26.0. The first kappa shape index (κ1) is 58.9. The monoisotopic (exact) mass is 865 g/mol. The number of carbonyl (C=O) groups is 3. The average Bonchev–Trinajstić information content (AvgIpc) is 3.27. The van der Waals surface area contributed by atoms with Gasteiger partial charge in [0.05, 0.1) is 0 Å². The summed E-state index contributed by atoms with van der Waals surface area (Å²) < 4.78 is 16.8. The van der Waals surface area contributed by atoms with E-state index in [0.29, 0.717) is 19.3 Å². The van der Waals surface area contributed by atoms with Gasteiger partial charge in [-0.25, -0.2) is 0 Å². The van der Waals surface area contributed by atoms with E-state index in [1.165, 1.54) is 109 Å². The summed E-state index contributed by atoms with van der Waals surface area (Å²) in [5.74, 6) is -0.915. The molecule has 6 heteroatoms. The molecule has 0 rings (SSSR count). The molecule has 0 N–H and O–H groups in total. The summed E-state index contributed by atoms with van der Waals surface area (Å²) in [6.45, 7) is 6.45. The molecule has 0 aliphatic carbocycles. The number of unbranched alkanes of at least 4 members (excludes halogenated alkanes) is 26. The van der Waals surface area contributed by atoms with Crippen LogP contribution in [0, 0.1) is 0 Å². The molecule has 6 nitrogen and oxygen atoms in total. The van der Waals surface area contributed by atoms with Crippen molar-refractivity contribution in [3.63, 3.8) is 0 Å². The third-order valence-corrected chi connectivity index (χ3v) is 11.0. The SMILES string of the molecule is CC\C=C/C=C\C=C/C=C\CCCCCCCC(=O)OC(COC(=O)CCCCCCCCC/C=C\C/C=C\CCCCC)COC(=O)CCCCCCCCCCCCCC. The van der Waals surface area contributed by atoms with Crippen LogP contribution in [0.2, 0.25) is 0 Å². The lowest BCUT2D eigenvalue weighted by Crippen LogP contribution is -2.30. The van der Waals surface area contributed by atoms with Gasteiger partial charge in [-0.05, 0) is 70.6 Å². The lowest BCUT2D eigenvalue weighted by Gasteiger charge is -2.18. The van der Waals surface area contributed by atoms with Crippen LogP contribution in [-0.4, -0.2) is 37.2 Å². The maximum absolute atomic E-state index is 12.8. The van der Waals surface area contributed by atoms with Crippen LogP contribution < -0.4 is 0 Å². The third kappa shape index (κ3) is 47.9. The van der Waals surface area contributed by atoms with E-state index in [9.17, 15) is 14.4 Å². The molecule has 0 aliphatic heterocycles. The predicted octanol–water partition coefficient (Wildman–Crippen LogP) is 17.0. The molecule has 1 atom stereocenters. The van der Waals surface area contributed by atoms with Crippen molar-refractivity contribution in [3.8, 4) is 0 Å². The molecule has 0 spiro atoms. The van der Waals surface area contributed by atoms with Crippen molar-refractivity contribution in [2.24, 2.45) is 0 Å². The standard InChI is InChI=1S/C56H96O6/c1-4-7-10-13-16-19-22-25-27-28-30-31-34-37-40-43-46-49-55(58)61-52-53(51-60-54(57)48-45-42-39-36-33-24-21-18-15-12-9-6-3)62-56(59)50-47-44-41-38-35-32-29-26-23-20-17-14-11-8-5-2/h8,11,14,16-17,19-20,23,25-27,29,53H,4-7,9-10,12-13,15,18,21-22,24,28,30-52H2,1-3H3/b11-8-,17-14-,19-16-,23-20-,27-25-,29-26-. The number of rotatable bonds is 46. The lowest BCUT2D eigenvalue weighted by molar-refractivity contribution is -0.167. The van der Waals surface area contributed by atoms with Crippen LogP contribution in [0.3, 0.4) is 0 Å². The van der Waals surface area contributed by atoms with Gasteiger partial charge in [0.2, 0.25) is 0 Å². The maximum atomic E-state index is 12.8. The molecule has 1 unspecified atom stereocenters. The minimum Gasteiger partial charge on any atom is -0.462 e. The van der Waals surface area contributed by atoms with E-state index in [0.717, 1.165) is 96.3 Å². The smallest absolute Gasteiger partial charge is 0.306 e. The Labute approximate surface area is 382 Å². The summed E-state index contributed by atoms with van der Waals surface area (Å²) in [4.78, 5) is 38.0. The number of hydrogen-bond donors (Lipinski definition) is 0. The Morgan fingerprint density at radius 3 is 1.15 bits per heavy atom. The van der Waals surface area contributed by atoms with E-state index in [2.05, 4.69) is 75.5 Å². The fourth-order valence-corrected chi connectivity index (χ4v) is 7.13. The van der Waals surface area contributed by atoms with E-state index in [4.69, 9.17) is 14.2 Å². The second-order valence-corrected chi connectivity index (χ2v) is 17.1. The minimum absolute atomic E-state index is 0.0863. The van der Waals surface area contributed by atoms with Crippen LogP contribution in [0.25, 0.3) is 0 Å². The highest BCUT2D eigenvalue weighted by Crippen LogP contribution is 2.15. The van der Waals surface area contributed by atoms with Gasteiger partial charge >= 0.3 is 17.9 Å². The molecule has 0 aromatic heterocycles. The Kier molecular flexibility index (Phi) is 47.9. The normalized spacial score (nSPS) is 12.6. The largest absolute Gasteiger partial charge is 0.462 e. The van der Waals surface area contributed by atoms with Gasteiger partial charge in [0.15, 0.2) is 6.10 Å². The highest BCUT2D eigenvalue weighted by molar-refractivity contribution is 5.71. The molecule has 0 aliphatic rings. The molecule has 0 fully saturated rings. The third-order valence-electron chi connectivity index (χ3n) is 11.0. The van der Waals surface area contributed by atoms with Crippen LogP contribution in [0.15, 0.2) is 72.9 Å². The molecule has 0 aromatic rings. The zero-order chi connectivity index (χ0) is 45.1. The van der Waals surface area contributed by atoms with Gasteiger partial charge in [0.1, 0.15) is 13.2 Å². The van der Waals surface area contributed by atoms with Crippen LogP contribution in [0.1, 0.15) is 245 Å². The topological polar surface area (TPSA) is 78.9 Å². The van der Waals surface area contributed by atoms with Crippen LogP contribution in [0.4, 0.5) is 0 Å². The Hall–Kier alpha value is -3.15. The Bertz CT molecular complexity index is 1180. The van der Waals surface area contributed by atoms with Gasteiger partial charge in [-0.2, -0.15) is 0 Å². The molecule has 0 heterocycles. The molecule has 0 amide bonds. The average molecular weight is 865 g/mol. The van der Waals surface area contributed by atoms with Crippen molar-refractivity contribution in [1.29, 1.82) is 0 Å². The van der Waals surface area contributed by atoms with Crippen molar-refractivity contribution >= 4 is 17.9 Å². The summed E-state index contributed by atoms with van der Waals surface area (Å²) in [6, 6.07) is 0. The van der Waals surface area contributed by atoms with Crippen LogP contribution in [0.5, 0.6) is 0 Å². The molecule has 0 saturated carbocycles. The summed E-state index contributed by atoms with van der Waals surface area (Å²) >= 11 is 0. The van der Waals surface area contributed by atoms with Crippen molar-refractivity contribution in [1.82, 2.24) is 0 Å². The number of ether oxygens (including phenoxy) is 3. The van der Waals surface area contributed by atoms with E-state index >= 15 is 0 Å². The summed E-state index contributed by atoms with van der Waals surface area (Å²) in [5, 5.41) is 0. The van der Waals surface area contributed by atoms with Crippen molar-refractivity contribution < 1.29 is 28.6 Å². The first-order chi connectivity index (χ1) is 30.5. The van der Waals surface area contributed by atoms with Crippen LogP contribution >= 0.6 is 0 Å². The second-order valence-electron chi connectivity index (χ2n) is 17.1. The number of hydrogen-bond acceptors (Lipinski definition) is 6. The molecule has 0 aromatic carbocycles. The molecular formula is C56H96O6. The molecule has 0 saturated heterocycles. The molecule has 0 bridgehead atoms. The number of esters is 3. The van der Waals surface area contributed by atoms with Crippen molar-refractivity contribution in [2.75, 3.05) is 13.2 Å². The Morgan fingerprint density at radius 1 is 0.355 bits per heavy atom. The van der Waals surface area contributed by atoms with Gasteiger partial charge in [-0.1, -0.05) is 229 Å². The van der Waals surface area contributed by atoms with Gasteiger partial charge in [0, 0.05) is 19.3 Å². The minimum atomic E-state index is -0.789. The van der Waals surface area contributed by atoms with E-state index in [1.807, 2.05) is 18.2 Å². The zero-order valence-electron chi connectivity index (χ0n) is 40.6. The zero-order valence-corrected chi connectivity index (χ0v) is 40.6. The summed E-state index contributed by atoms with van der Waals surface area (Å²) in [7, 11) is 0. The van der Waals surface area contributed by atoms with E-state index in [-0.39, 0.29) is 31.1 Å². The molecule has 356 valence electrons. The molecule has 0 radical (unpaired) electrons. The van der Waals surface area contributed by atoms with Crippen molar-refractivity contribution in [3.05, 3.63) is 72.9 Å². The molecule has 62 heavy (non-hydrogen) atoms. The quantitative estimate of drug-likeness (QED) is 0.0199. The first-order valence-electron chi connectivity index (χ1n) is 26.0. The van der Waals surface area contributed by atoms with Crippen molar-refractivity contribution in [2.45, 2.75) is 252 Å². The number of allylic oxidation sites excluding steroid dienone is 12. The fraction of sp³-hybridized carbons (Fsp3) is 0.732. The summed E-state index contributed by atoms with van der Waals surface area (Å²) in [6.07, 6.45) is 63.0. The maximum Gasteiger partial charge on any atom is 0.306 e. The van der Waals surface area contributed by atoms with Gasteiger partial charge in [0.25, 0.3) is 0 Å². The van der Waals surface area contributed by atoms with Gasteiger partial charge in [-0.15, -0.1) is 0 Å². The van der Waals surface area contributed by atoms with Gasteiger partial charge in [-0.3, -0.25) is 14.4 Å². The summed E-state index contributed by atoms with van der Waals surface area (Å²) in [5.41, 5.74) is 0. The Morgan fingerprint density at radius 2 is 0.694 bits per heavy atom. The van der Waals surface area contributed by atoms with Crippen LogP contribution in [-0.2, 0) is 28.6 Å². The predicted molar refractivity (Wildman–Crippen MR) is 265 cm³/mol. The second kappa shape index (κ2) is 50.5. The van der Waals surface area contributed by atoms with Gasteiger partial charge < -0.3 is 14.2 Å². The number of carbonyl (C=O) groups excluding carboxylic acids is 3. The highest BCUT2D eigenvalue weighted by atomic mass is 16.6. The highest BCUT2D eigenvalue weighted by Gasteiger charge is 2.19. The van der Waals surface area contributed by atoms with E-state index < -0.39 is 6.10 Å². The lowest BCUT2D eigenvalue weighted by atomic mass is 10.0. The van der Waals surface area contributed by atoms with E-state index in [1.54, 1.807) is 0 Å².